The summed E-state index contributed by atoms with van der Waals surface area (Å²) in [7, 11) is 6.68. The van der Waals surface area contributed by atoms with Crippen molar-refractivity contribution in [2.45, 2.75) is 27.7 Å². The van der Waals surface area contributed by atoms with E-state index in [2.05, 4.69) is 194 Å². The van der Waals surface area contributed by atoms with Crippen LogP contribution in [-0.4, -0.2) is 28.4 Å². The maximum atomic E-state index is 5.44. The van der Waals surface area contributed by atoms with Gasteiger partial charge in [-0.15, -0.1) is 0 Å². The standard InChI is InChI=1S/C36H34N2O4.C36H34N2/c1-6-26-23-31(37(27-7-15-33(39-2)16-8-27)28-9-17-34(40-3)18-10-28)25-32(24-26)38(29-11-19-35(41-4)20-12-29)30-13-21-36(42-5)22-14-30;1-6-30-23-35(37(31-15-7-26(2)8-16-31)32-17-9-27(3)10-18-32)25-36(24-30)38(33-19-11-28(4)12-20-33)34-21-13-29(5)14-22-34/h6-25H,1H2,2-5H3;6-25H,1H2,2-5H3. The van der Waals surface area contributed by atoms with Crippen LogP contribution in [0.2, 0.25) is 0 Å². The second kappa shape index (κ2) is 25.5. The third-order valence-electron chi connectivity index (χ3n) is 13.8. The lowest BCUT2D eigenvalue weighted by molar-refractivity contribution is 0.414. The Morgan fingerprint density at radius 3 is 0.550 bits per heavy atom. The molecular weight excluding hydrogens is 985 g/mol. The van der Waals surface area contributed by atoms with E-state index in [1.807, 2.05) is 109 Å². The molecule has 0 aliphatic rings. The zero-order valence-electron chi connectivity index (χ0n) is 46.9. The number of methoxy groups -OCH3 is 4. The quantitative estimate of drug-likeness (QED) is 0.0843. The SMILES string of the molecule is C=Cc1cc(N(c2ccc(C)cc2)c2ccc(C)cc2)cc(N(c2ccc(C)cc2)c2ccc(C)cc2)c1.C=Cc1cc(N(c2ccc(OC)cc2)c2ccc(OC)cc2)cc(N(c2ccc(OC)cc2)c2ccc(OC)cc2)c1. The number of rotatable bonds is 18. The predicted octanol–water partition coefficient (Wildman–Crippen LogP) is 19.8. The Labute approximate surface area is 472 Å². The van der Waals surface area contributed by atoms with Crippen molar-refractivity contribution in [1.29, 1.82) is 0 Å². The van der Waals surface area contributed by atoms with E-state index in [1.165, 1.54) is 22.3 Å². The highest BCUT2D eigenvalue weighted by molar-refractivity contribution is 5.87. The van der Waals surface area contributed by atoms with Gasteiger partial charge in [-0.25, -0.2) is 0 Å². The number of anilines is 12. The second-order valence-corrected chi connectivity index (χ2v) is 19.4. The highest BCUT2D eigenvalue weighted by atomic mass is 16.5. The summed E-state index contributed by atoms with van der Waals surface area (Å²) < 4.78 is 21.7. The van der Waals surface area contributed by atoms with Gasteiger partial charge in [0.2, 0.25) is 0 Å². The van der Waals surface area contributed by atoms with Crippen molar-refractivity contribution < 1.29 is 18.9 Å². The number of ether oxygens (including phenoxy) is 4. The molecule has 0 fully saturated rings. The van der Waals surface area contributed by atoms with Crippen molar-refractivity contribution in [2.75, 3.05) is 48.0 Å². The maximum Gasteiger partial charge on any atom is 0.119 e. The molecule has 0 bridgehead atoms. The molecule has 10 aromatic rings. The van der Waals surface area contributed by atoms with E-state index in [4.69, 9.17) is 18.9 Å². The summed E-state index contributed by atoms with van der Waals surface area (Å²) in [6.45, 7) is 16.7. The summed E-state index contributed by atoms with van der Waals surface area (Å²) in [5.74, 6) is 3.16. The fourth-order valence-corrected chi connectivity index (χ4v) is 9.48. The first-order valence-electron chi connectivity index (χ1n) is 26.6. The number of benzene rings is 10. The molecule has 0 aliphatic heterocycles. The van der Waals surface area contributed by atoms with Crippen molar-refractivity contribution in [2.24, 2.45) is 0 Å². The fourth-order valence-electron chi connectivity index (χ4n) is 9.48. The van der Waals surface area contributed by atoms with Gasteiger partial charge in [-0.3, -0.25) is 0 Å². The molecule has 0 heterocycles. The summed E-state index contributed by atoms with van der Waals surface area (Å²) in [6.07, 6.45) is 3.80. The Kier molecular flexibility index (Phi) is 17.5. The third kappa shape index (κ3) is 12.9. The first-order valence-corrected chi connectivity index (χ1v) is 26.6. The minimum absolute atomic E-state index is 0.791. The van der Waals surface area contributed by atoms with Gasteiger partial charge < -0.3 is 38.5 Å². The van der Waals surface area contributed by atoms with E-state index < -0.39 is 0 Å². The summed E-state index contributed by atoms with van der Waals surface area (Å²) in [5, 5.41) is 0. The van der Waals surface area contributed by atoms with Crippen LogP contribution in [0.5, 0.6) is 23.0 Å². The molecule has 0 unspecified atom stereocenters. The van der Waals surface area contributed by atoms with E-state index in [1.54, 1.807) is 28.4 Å². The van der Waals surface area contributed by atoms with E-state index >= 15 is 0 Å². The Morgan fingerprint density at radius 2 is 0.400 bits per heavy atom. The highest BCUT2D eigenvalue weighted by Crippen LogP contribution is 2.44. The zero-order valence-corrected chi connectivity index (χ0v) is 46.9. The molecule has 80 heavy (non-hydrogen) atoms. The number of hydrogen-bond acceptors (Lipinski definition) is 8. The number of hydrogen-bond donors (Lipinski definition) is 0. The average Bonchev–Trinajstić information content (AvgIpc) is 3.52. The van der Waals surface area contributed by atoms with Crippen LogP contribution in [-0.2, 0) is 0 Å². The van der Waals surface area contributed by atoms with Gasteiger partial charge >= 0.3 is 0 Å². The topological polar surface area (TPSA) is 49.9 Å². The average molecular weight is 1050 g/mol. The summed E-state index contributed by atoms with van der Waals surface area (Å²) in [5.41, 5.74) is 19.5. The molecule has 10 rings (SSSR count). The molecule has 0 aliphatic carbocycles. The Hall–Kier alpha value is -9.92. The lowest BCUT2D eigenvalue weighted by Crippen LogP contribution is -2.13. The Balaban J connectivity index is 0.000000195. The van der Waals surface area contributed by atoms with Crippen LogP contribution >= 0.6 is 0 Å². The lowest BCUT2D eigenvalue weighted by atomic mass is 10.1. The molecule has 10 aromatic carbocycles. The maximum absolute atomic E-state index is 5.44. The monoisotopic (exact) mass is 1050 g/mol. The molecule has 0 atom stereocenters. The van der Waals surface area contributed by atoms with Crippen LogP contribution in [0.4, 0.5) is 68.2 Å². The minimum Gasteiger partial charge on any atom is -0.497 e. The Morgan fingerprint density at radius 1 is 0.237 bits per heavy atom. The number of aryl methyl sites for hydroxylation is 4. The molecule has 0 radical (unpaired) electrons. The Bertz CT molecular complexity index is 3220. The normalized spacial score (nSPS) is 10.6. The van der Waals surface area contributed by atoms with Gasteiger partial charge in [0.25, 0.3) is 0 Å². The largest absolute Gasteiger partial charge is 0.497 e. The van der Waals surface area contributed by atoms with E-state index in [0.717, 1.165) is 102 Å². The van der Waals surface area contributed by atoms with Crippen LogP contribution in [0.25, 0.3) is 12.2 Å². The molecule has 400 valence electrons. The van der Waals surface area contributed by atoms with Crippen molar-refractivity contribution in [3.63, 3.8) is 0 Å². The molecule has 8 nitrogen and oxygen atoms in total. The van der Waals surface area contributed by atoms with Crippen LogP contribution in [0, 0.1) is 27.7 Å². The highest BCUT2D eigenvalue weighted by Gasteiger charge is 2.21. The van der Waals surface area contributed by atoms with E-state index in [0.29, 0.717) is 0 Å². The molecule has 0 N–H and O–H groups in total. The third-order valence-corrected chi connectivity index (χ3v) is 13.8. The van der Waals surface area contributed by atoms with Gasteiger partial charge in [-0.2, -0.15) is 0 Å². The van der Waals surface area contributed by atoms with Gasteiger partial charge in [-0.05, 0) is 221 Å². The molecule has 8 heteroatoms. The van der Waals surface area contributed by atoms with Crippen LogP contribution in [0.15, 0.2) is 244 Å². The first kappa shape index (κ1) is 54.9. The van der Waals surface area contributed by atoms with E-state index in [-0.39, 0.29) is 0 Å². The zero-order chi connectivity index (χ0) is 56.1. The van der Waals surface area contributed by atoms with Gasteiger partial charge in [0.1, 0.15) is 23.0 Å². The molecule has 0 aromatic heterocycles. The van der Waals surface area contributed by atoms with Crippen LogP contribution < -0.4 is 38.5 Å². The van der Waals surface area contributed by atoms with Crippen molar-refractivity contribution in [3.05, 3.63) is 277 Å². The smallest absolute Gasteiger partial charge is 0.119 e. The van der Waals surface area contributed by atoms with Crippen molar-refractivity contribution in [1.82, 2.24) is 0 Å². The summed E-state index contributed by atoms with van der Waals surface area (Å²) >= 11 is 0. The van der Waals surface area contributed by atoms with E-state index in [9.17, 15) is 0 Å². The first-order chi connectivity index (χ1) is 39.0. The molecule has 0 amide bonds. The van der Waals surface area contributed by atoms with Crippen molar-refractivity contribution >= 4 is 80.4 Å². The van der Waals surface area contributed by atoms with Gasteiger partial charge in [-0.1, -0.05) is 96.1 Å². The minimum atomic E-state index is 0.791. The van der Waals surface area contributed by atoms with Crippen molar-refractivity contribution in [3.8, 4) is 23.0 Å². The van der Waals surface area contributed by atoms with Gasteiger partial charge in [0, 0.05) is 68.2 Å². The molecule has 0 spiro atoms. The second-order valence-electron chi connectivity index (χ2n) is 19.4. The fraction of sp³-hybridized carbons (Fsp3) is 0.111. The van der Waals surface area contributed by atoms with Gasteiger partial charge in [0.15, 0.2) is 0 Å². The molecule has 0 saturated carbocycles. The van der Waals surface area contributed by atoms with Gasteiger partial charge in [0.05, 0.1) is 28.4 Å². The summed E-state index contributed by atoms with van der Waals surface area (Å²) in [4.78, 5) is 9.04. The molecular formula is C72H68N4O4. The van der Waals surface area contributed by atoms with Crippen LogP contribution in [0.1, 0.15) is 33.4 Å². The van der Waals surface area contributed by atoms with Crippen LogP contribution in [0.3, 0.4) is 0 Å². The number of nitrogens with zero attached hydrogens (tertiary/aromatic N) is 4. The molecule has 0 saturated heterocycles. The summed E-state index contributed by atoms with van der Waals surface area (Å²) in [6, 6.07) is 80.1. The lowest BCUT2D eigenvalue weighted by Gasteiger charge is -2.30. The predicted molar refractivity (Wildman–Crippen MR) is 337 cm³/mol.